The van der Waals surface area contributed by atoms with Crippen molar-refractivity contribution in [3.8, 4) is 0 Å². The molecule has 3 atom stereocenters. The first-order valence-electron chi connectivity index (χ1n) is 7.31. The lowest BCUT2D eigenvalue weighted by Crippen LogP contribution is -2.54. The van der Waals surface area contributed by atoms with Crippen LogP contribution >= 0.6 is 0 Å². The molecular weight excluding hydrogens is 320 g/mol. The molecule has 0 bridgehead atoms. The maximum absolute atomic E-state index is 11.9. The molecule has 0 heterocycles. The van der Waals surface area contributed by atoms with Gasteiger partial charge in [0.05, 0.1) is 0 Å². The van der Waals surface area contributed by atoms with E-state index < -0.39 is 41.8 Å². The topological polar surface area (TPSA) is 157 Å². The van der Waals surface area contributed by atoms with Crippen LogP contribution in [0.4, 0.5) is 0 Å². The van der Waals surface area contributed by atoms with E-state index in [1.54, 1.807) is 0 Å². The van der Waals surface area contributed by atoms with E-state index in [-0.39, 0.29) is 19.0 Å². The molecule has 10 heteroatoms. The van der Waals surface area contributed by atoms with Gasteiger partial charge in [0.15, 0.2) is 5.78 Å². The molecule has 0 rings (SSSR count). The number of hydrogen-bond donors (Lipinski definition) is 4. The molecule has 0 aromatic carbocycles. The minimum absolute atomic E-state index is 0.191. The van der Waals surface area contributed by atoms with Crippen molar-refractivity contribution < 1.29 is 28.7 Å². The van der Waals surface area contributed by atoms with Crippen LogP contribution in [-0.2, 0) is 28.7 Å². The summed E-state index contributed by atoms with van der Waals surface area (Å²) >= 11 is 0. The smallest absolute Gasteiger partial charge is 0.246 e. The Kier molecular flexibility index (Phi) is 9.25. The Bertz CT molecular complexity index is 507. The molecule has 0 saturated heterocycles. The van der Waals surface area contributed by atoms with Crippen LogP contribution in [0.5, 0.6) is 0 Å². The van der Waals surface area contributed by atoms with E-state index in [1.165, 1.54) is 27.7 Å². The minimum atomic E-state index is -0.924. The van der Waals surface area contributed by atoms with E-state index in [2.05, 4.69) is 16.0 Å². The summed E-state index contributed by atoms with van der Waals surface area (Å²) in [4.78, 5) is 56.7. The highest BCUT2D eigenvalue weighted by molar-refractivity contribution is 5.93. The fourth-order valence-corrected chi connectivity index (χ4v) is 1.45. The molecule has 136 valence electrons. The largest absolute Gasteiger partial charge is 0.368 e. The summed E-state index contributed by atoms with van der Waals surface area (Å²) in [5, 5.41) is 7.09. The molecule has 0 aromatic rings. The fraction of sp³-hybridized carbons (Fsp3) is 0.643. The molecule has 0 fully saturated rings. The molecule has 4 amide bonds. The second-order valence-corrected chi connectivity index (χ2v) is 5.35. The number of Topliss-reactive ketones (excluding diaryl/α,β-unsaturated/α-hetero) is 1. The van der Waals surface area contributed by atoms with E-state index in [4.69, 9.17) is 10.5 Å². The van der Waals surface area contributed by atoms with Gasteiger partial charge in [0.2, 0.25) is 23.6 Å². The predicted octanol–water partition coefficient (Wildman–Crippen LogP) is -2.41. The molecule has 5 N–H and O–H groups in total. The number of rotatable bonds is 10. The summed E-state index contributed by atoms with van der Waals surface area (Å²) < 4.78 is 4.82. The van der Waals surface area contributed by atoms with Gasteiger partial charge in [-0.25, -0.2) is 0 Å². The second kappa shape index (κ2) is 10.3. The first kappa shape index (κ1) is 21.5. The normalized spacial score (nSPS) is 14.0. The number of hydrogen-bond acceptors (Lipinski definition) is 6. The first-order chi connectivity index (χ1) is 11.0. The van der Waals surface area contributed by atoms with Gasteiger partial charge in [0.25, 0.3) is 0 Å². The standard InChI is InChI=1S/C14H24N4O6/c1-7(19)5-24-6-11(20)16-9(3)13(22)18-10(4)14(23)17-8(2)12(15)21/h8-10H,5-6H2,1-4H3,(H2,15,21)(H,16,20)(H,17,23)(H,18,22). The van der Waals surface area contributed by atoms with Crippen molar-refractivity contribution in [2.45, 2.75) is 45.8 Å². The molecule has 3 unspecified atom stereocenters. The van der Waals surface area contributed by atoms with Gasteiger partial charge in [-0.15, -0.1) is 0 Å². The average molecular weight is 344 g/mol. The van der Waals surface area contributed by atoms with Gasteiger partial charge in [0, 0.05) is 0 Å². The highest BCUT2D eigenvalue weighted by Crippen LogP contribution is 1.90. The van der Waals surface area contributed by atoms with Gasteiger partial charge < -0.3 is 26.4 Å². The second-order valence-electron chi connectivity index (χ2n) is 5.35. The van der Waals surface area contributed by atoms with Crippen molar-refractivity contribution in [2.24, 2.45) is 5.73 Å². The number of amides is 4. The Labute approximate surface area is 139 Å². The molecule has 0 saturated carbocycles. The van der Waals surface area contributed by atoms with E-state index >= 15 is 0 Å². The summed E-state index contributed by atoms with van der Waals surface area (Å²) in [6.07, 6.45) is 0. The lowest BCUT2D eigenvalue weighted by atomic mass is 10.2. The maximum Gasteiger partial charge on any atom is 0.246 e. The molecule has 0 radical (unpaired) electrons. The lowest BCUT2D eigenvalue weighted by molar-refractivity contribution is -0.134. The zero-order valence-corrected chi connectivity index (χ0v) is 14.2. The van der Waals surface area contributed by atoms with Gasteiger partial charge in [-0.2, -0.15) is 0 Å². The summed E-state index contributed by atoms with van der Waals surface area (Å²) in [7, 11) is 0. The van der Waals surface area contributed by atoms with Gasteiger partial charge in [-0.1, -0.05) is 0 Å². The third-order valence-corrected chi connectivity index (χ3v) is 2.85. The molecule has 0 spiro atoms. The van der Waals surface area contributed by atoms with Crippen molar-refractivity contribution in [3.63, 3.8) is 0 Å². The Morgan fingerprint density at radius 2 is 1.29 bits per heavy atom. The maximum atomic E-state index is 11.9. The third kappa shape index (κ3) is 8.83. The van der Waals surface area contributed by atoms with Crippen LogP contribution in [0.1, 0.15) is 27.7 Å². The monoisotopic (exact) mass is 344 g/mol. The average Bonchev–Trinajstić information content (AvgIpc) is 2.46. The van der Waals surface area contributed by atoms with Gasteiger partial charge in [-0.3, -0.25) is 24.0 Å². The first-order valence-corrected chi connectivity index (χ1v) is 7.31. The number of nitrogens with two attached hydrogens (primary N) is 1. The Morgan fingerprint density at radius 3 is 1.75 bits per heavy atom. The summed E-state index contributed by atoms with van der Waals surface area (Å²) in [6, 6.07) is -2.71. The number of ether oxygens (including phenoxy) is 1. The van der Waals surface area contributed by atoms with Crippen LogP contribution in [0.2, 0.25) is 0 Å². The predicted molar refractivity (Wildman–Crippen MR) is 83.5 cm³/mol. The third-order valence-electron chi connectivity index (χ3n) is 2.85. The number of carbonyl (C=O) groups is 5. The summed E-state index contributed by atoms with van der Waals surface area (Å²) in [5.41, 5.74) is 5.03. The van der Waals surface area contributed by atoms with Crippen LogP contribution < -0.4 is 21.7 Å². The zero-order valence-electron chi connectivity index (χ0n) is 14.2. The molecule has 0 aliphatic rings. The highest BCUT2D eigenvalue weighted by Gasteiger charge is 2.22. The molecule has 0 aromatic heterocycles. The molecule has 0 aliphatic carbocycles. The van der Waals surface area contributed by atoms with Gasteiger partial charge in [-0.05, 0) is 27.7 Å². The zero-order chi connectivity index (χ0) is 18.9. The van der Waals surface area contributed by atoms with Crippen molar-refractivity contribution in [2.75, 3.05) is 13.2 Å². The van der Waals surface area contributed by atoms with E-state index in [0.29, 0.717) is 0 Å². The Morgan fingerprint density at radius 1 is 0.833 bits per heavy atom. The highest BCUT2D eigenvalue weighted by atomic mass is 16.5. The molecule has 0 aliphatic heterocycles. The van der Waals surface area contributed by atoms with E-state index in [9.17, 15) is 24.0 Å². The van der Waals surface area contributed by atoms with Crippen molar-refractivity contribution in [1.82, 2.24) is 16.0 Å². The van der Waals surface area contributed by atoms with Gasteiger partial charge >= 0.3 is 0 Å². The van der Waals surface area contributed by atoms with Crippen molar-refractivity contribution in [3.05, 3.63) is 0 Å². The Hall–Kier alpha value is -2.49. The van der Waals surface area contributed by atoms with Crippen LogP contribution in [-0.4, -0.2) is 60.8 Å². The van der Waals surface area contributed by atoms with Crippen LogP contribution in [0, 0.1) is 0 Å². The van der Waals surface area contributed by atoms with Crippen LogP contribution in [0.3, 0.4) is 0 Å². The number of ketones is 1. The summed E-state index contributed by atoms with van der Waals surface area (Å²) in [5.74, 6) is -2.67. The van der Waals surface area contributed by atoms with Gasteiger partial charge in [0.1, 0.15) is 31.3 Å². The SMILES string of the molecule is CC(=O)COCC(=O)NC(C)C(=O)NC(C)C(=O)NC(C)C(N)=O. The van der Waals surface area contributed by atoms with E-state index in [1.807, 2.05) is 0 Å². The number of primary amides is 1. The van der Waals surface area contributed by atoms with Crippen molar-refractivity contribution in [1.29, 1.82) is 0 Å². The molecule has 24 heavy (non-hydrogen) atoms. The van der Waals surface area contributed by atoms with E-state index in [0.717, 1.165) is 0 Å². The quantitative estimate of drug-likeness (QED) is 0.346. The lowest BCUT2D eigenvalue weighted by Gasteiger charge is -2.19. The van der Waals surface area contributed by atoms with Crippen molar-refractivity contribution >= 4 is 29.4 Å². The number of nitrogens with one attached hydrogen (secondary N) is 3. The van der Waals surface area contributed by atoms with Crippen LogP contribution in [0.15, 0.2) is 0 Å². The molecular formula is C14H24N4O6. The fourth-order valence-electron chi connectivity index (χ4n) is 1.45. The number of carbonyl (C=O) groups excluding carboxylic acids is 5. The summed E-state index contributed by atoms with van der Waals surface area (Å²) in [6.45, 7) is 5.03. The van der Waals surface area contributed by atoms with Crippen LogP contribution in [0.25, 0.3) is 0 Å². The Balaban J connectivity index is 4.29. The molecule has 10 nitrogen and oxygen atoms in total. The minimum Gasteiger partial charge on any atom is -0.368 e.